The number of aryl methyl sites for hydroxylation is 1. The van der Waals surface area contributed by atoms with Crippen molar-refractivity contribution in [1.82, 2.24) is 9.55 Å². The van der Waals surface area contributed by atoms with Gasteiger partial charge in [-0.15, -0.1) is 0 Å². The minimum atomic E-state index is -4.53. The lowest BCUT2D eigenvalue weighted by molar-refractivity contribution is -0.137. The molecule has 4 nitrogen and oxygen atoms in total. The molecule has 0 radical (unpaired) electrons. The number of rotatable bonds is 6. The summed E-state index contributed by atoms with van der Waals surface area (Å²) in [7, 11) is 0. The van der Waals surface area contributed by atoms with E-state index in [0.29, 0.717) is 11.1 Å². The summed E-state index contributed by atoms with van der Waals surface area (Å²) in [6, 6.07) is 4.97. The first-order chi connectivity index (χ1) is 12.5. The molecule has 0 aliphatic rings. The summed E-state index contributed by atoms with van der Waals surface area (Å²) in [5.74, 6) is -0.0921. The van der Waals surface area contributed by atoms with Gasteiger partial charge in [-0.2, -0.15) is 13.2 Å². The van der Waals surface area contributed by atoms with Crippen molar-refractivity contribution >= 4 is 23.4 Å². The molecule has 0 saturated carbocycles. The van der Waals surface area contributed by atoms with Crippen LogP contribution in [0.4, 0.5) is 18.9 Å². The number of amides is 1. The maximum absolute atomic E-state index is 13.1. The predicted molar refractivity (Wildman–Crippen MR) is 102 cm³/mol. The number of halogens is 3. The molecule has 0 aliphatic heterocycles. The Kier molecular flexibility index (Phi) is 6.62. The molecule has 0 fully saturated rings. The van der Waals surface area contributed by atoms with Crippen LogP contribution >= 0.6 is 11.8 Å². The van der Waals surface area contributed by atoms with Gasteiger partial charge in [0.1, 0.15) is 0 Å². The van der Waals surface area contributed by atoms with Gasteiger partial charge in [-0.1, -0.05) is 37.7 Å². The fourth-order valence-corrected chi connectivity index (χ4v) is 3.59. The van der Waals surface area contributed by atoms with Gasteiger partial charge in [-0.3, -0.25) is 4.79 Å². The van der Waals surface area contributed by atoms with Crippen LogP contribution in [0, 0.1) is 19.8 Å². The van der Waals surface area contributed by atoms with Crippen molar-refractivity contribution in [2.24, 2.45) is 5.92 Å². The fourth-order valence-electron chi connectivity index (χ4n) is 2.58. The number of nitrogens with one attached hydrogen (secondary N) is 1. The Labute approximate surface area is 161 Å². The van der Waals surface area contributed by atoms with Crippen LogP contribution in [0.3, 0.4) is 0 Å². The van der Waals surface area contributed by atoms with E-state index in [-0.39, 0.29) is 5.69 Å². The summed E-state index contributed by atoms with van der Waals surface area (Å²) < 4.78 is 41.3. The number of hydrogen-bond acceptors (Lipinski definition) is 3. The van der Waals surface area contributed by atoms with Gasteiger partial charge in [0.25, 0.3) is 0 Å². The van der Waals surface area contributed by atoms with Crippen LogP contribution in [0.1, 0.15) is 37.7 Å². The standard InChI is InChI=1S/C19H24F3N3OS/c1-11(2)10-25-13(4)12(3)23-18(25)27-14(5)17(26)24-16-9-7-6-8-15(16)19(20,21)22/h6-9,11,14H,10H2,1-5H3,(H,24,26). The molecule has 0 bridgehead atoms. The average molecular weight is 399 g/mol. The lowest BCUT2D eigenvalue weighted by atomic mass is 10.1. The number of alkyl halides is 3. The van der Waals surface area contributed by atoms with Gasteiger partial charge in [-0.05, 0) is 38.8 Å². The SMILES string of the molecule is Cc1nc(SC(C)C(=O)Nc2ccccc2C(F)(F)F)n(CC(C)C)c1C. The van der Waals surface area contributed by atoms with Crippen molar-refractivity contribution in [3.05, 3.63) is 41.2 Å². The van der Waals surface area contributed by atoms with Crippen LogP contribution in [-0.2, 0) is 17.5 Å². The summed E-state index contributed by atoms with van der Waals surface area (Å²) in [6.45, 7) is 10.5. The quantitative estimate of drug-likeness (QED) is 0.671. The molecule has 0 spiro atoms. The first-order valence-electron chi connectivity index (χ1n) is 8.68. The number of anilines is 1. The Balaban J connectivity index is 2.17. The molecule has 2 rings (SSSR count). The zero-order valence-electron chi connectivity index (χ0n) is 16.0. The van der Waals surface area contributed by atoms with Crippen LogP contribution < -0.4 is 5.32 Å². The van der Waals surface area contributed by atoms with E-state index < -0.39 is 22.9 Å². The smallest absolute Gasteiger partial charge is 0.325 e. The van der Waals surface area contributed by atoms with E-state index in [2.05, 4.69) is 28.7 Å². The van der Waals surface area contributed by atoms with E-state index >= 15 is 0 Å². The largest absolute Gasteiger partial charge is 0.418 e. The second-order valence-corrected chi connectivity index (χ2v) is 8.17. The second kappa shape index (κ2) is 8.37. The molecule has 1 atom stereocenters. The summed E-state index contributed by atoms with van der Waals surface area (Å²) >= 11 is 1.25. The number of benzene rings is 1. The Bertz CT molecular complexity index is 815. The van der Waals surface area contributed by atoms with Crippen LogP contribution in [0.2, 0.25) is 0 Å². The summed E-state index contributed by atoms with van der Waals surface area (Å²) in [5.41, 5.74) is 0.818. The number of carbonyl (C=O) groups excluding carboxylic acids is 1. The first-order valence-corrected chi connectivity index (χ1v) is 9.56. The number of nitrogens with zero attached hydrogens (tertiary/aromatic N) is 2. The molecule has 148 valence electrons. The topological polar surface area (TPSA) is 46.9 Å². The predicted octanol–water partition coefficient (Wildman–Crippen LogP) is 5.29. The maximum atomic E-state index is 13.1. The average Bonchev–Trinajstić information content (AvgIpc) is 2.81. The van der Waals surface area contributed by atoms with Gasteiger partial charge < -0.3 is 9.88 Å². The van der Waals surface area contributed by atoms with E-state index in [9.17, 15) is 18.0 Å². The first kappa shape index (κ1) is 21.3. The number of hydrogen-bond donors (Lipinski definition) is 1. The minimum Gasteiger partial charge on any atom is -0.325 e. The molecule has 1 N–H and O–H groups in total. The monoisotopic (exact) mass is 399 g/mol. The van der Waals surface area contributed by atoms with Crippen LogP contribution in [0.25, 0.3) is 0 Å². The Hall–Kier alpha value is -1.96. The molecule has 0 saturated heterocycles. The van der Waals surface area contributed by atoms with Crippen molar-refractivity contribution in [3.8, 4) is 0 Å². The van der Waals surface area contributed by atoms with Crippen molar-refractivity contribution in [2.75, 3.05) is 5.32 Å². The number of imidazole rings is 1. The van der Waals surface area contributed by atoms with Gasteiger partial charge in [0.2, 0.25) is 5.91 Å². The second-order valence-electron chi connectivity index (χ2n) is 6.86. The third-order valence-electron chi connectivity index (χ3n) is 4.11. The Morgan fingerprint density at radius 3 is 2.44 bits per heavy atom. The van der Waals surface area contributed by atoms with Crippen molar-refractivity contribution in [3.63, 3.8) is 0 Å². The number of thioether (sulfide) groups is 1. The van der Waals surface area contributed by atoms with E-state index in [1.807, 2.05) is 13.8 Å². The fraction of sp³-hybridized carbons (Fsp3) is 0.474. The van der Waals surface area contributed by atoms with Crippen molar-refractivity contribution in [1.29, 1.82) is 0 Å². The summed E-state index contributed by atoms with van der Waals surface area (Å²) in [5, 5.41) is 2.50. The molecule has 1 aromatic carbocycles. The molecular weight excluding hydrogens is 375 g/mol. The molecule has 1 amide bonds. The molecule has 27 heavy (non-hydrogen) atoms. The lowest BCUT2D eigenvalue weighted by Gasteiger charge is -2.17. The van der Waals surface area contributed by atoms with E-state index in [1.165, 1.54) is 30.0 Å². The van der Waals surface area contributed by atoms with Gasteiger partial charge >= 0.3 is 6.18 Å². The van der Waals surface area contributed by atoms with Gasteiger partial charge in [0.15, 0.2) is 5.16 Å². The molecule has 0 aliphatic carbocycles. The third-order valence-corrected chi connectivity index (χ3v) is 5.20. The molecule has 1 unspecified atom stereocenters. The van der Waals surface area contributed by atoms with Crippen LogP contribution in [-0.4, -0.2) is 20.7 Å². The van der Waals surface area contributed by atoms with E-state index in [1.54, 1.807) is 6.92 Å². The lowest BCUT2D eigenvalue weighted by Crippen LogP contribution is -2.24. The maximum Gasteiger partial charge on any atom is 0.418 e. The highest BCUT2D eigenvalue weighted by atomic mass is 32.2. The number of aromatic nitrogens is 2. The Morgan fingerprint density at radius 2 is 1.85 bits per heavy atom. The van der Waals surface area contributed by atoms with Crippen molar-refractivity contribution < 1.29 is 18.0 Å². The van der Waals surface area contributed by atoms with Gasteiger partial charge in [0.05, 0.1) is 22.2 Å². The van der Waals surface area contributed by atoms with Crippen LogP contribution in [0.5, 0.6) is 0 Å². The Morgan fingerprint density at radius 1 is 1.22 bits per heavy atom. The number of carbonyl (C=O) groups is 1. The minimum absolute atomic E-state index is 0.236. The van der Waals surface area contributed by atoms with Crippen LogP contribution in [0.15, 0.2) is 29.4 Å². The molecule has 8 heteroatoms. The zero-order chi connectivity index (χ0) is 20.4. The van der Waals surface area contributed by atoms with Gasteiger partial charge in [0, 0.05) is 12.2 Å². The highest BCUT2D eigenvalue weighted by Gasteiger charge is 2.34. The van der Waals surface area contributed by atoms with E-state index in [0.717, 1.165) is 24.0 Å². The van der Waals surface area contributed by atoms with Crippen molar-refractivity contribution in [2.45, 2.75) is 57.7 Å². The summed E-state index contributed by atoms with van der Waals surface area (Å²) in [6.07, 6.45) is -4.53. The highest BCUT2D eigenvalue weighted by molar-refractivity contribution is 8.00. The summed E-state index contributed by atoms with van der Waals surface area (Å²) in [4.78, 5) is 17.0. The third kappa shape index (κ3) is 5.28. The highest BCUT2D eigenvalue weighted by Crippen LogP contribution is 2.35. The normalized spacial score (nSPS) is 13.1. The van der Waals surface area contributed by atoms with Gasteiger partial charge in [-0.25, -0.2) is 4.98 Å². The molecule has 1 aromatic heterocycles. The molecule has 2 aromatic rings. The zero-order valence-corrected chi connectivity index (χ0v) is 16.8. The molecular formula is C19H24F3N3OS. The molecule has 1 heterocycles. The number of para-hydroxylation sites is 1. The van der Waals surface area contributed by atoms with E-state index in [4.69, 9.17) is 0 Å².